The Labute approximate surface area is 108 Å². The molecule has 0 bridgehead atoms. The van der Waals surface area contributed by atoms with E-state index in [1.165, 1.54) is 11.1 Å². The number of aromatic nitrogens is 3. The predicted molar refractivity (Wildman–Crippen MR) is 72.4 cm³/mol. The number of nitrogens with two attached hydrogens (primary N) is 1. The van der Waals surface area contributed by atoms with Crippen molar-refractivity contribution >= 4 is 0 Å². The Morgan fingerprint density at radius 3 is 2.56 bits per heavy atom. The molecule has 0 aliphatic rings. The van der Waals surface area contributed by atoms with Crippen LogP contribution in [0.3, 0.4) is 0 Å². The fourth-order valence-corrected chi connectivity index (χ4v) is 1.93. The van der Waals surface area contributed by atoms with Crippen LogP contribution in [0.1, 0.15) is 36.6 Å². The fraction of sp³-hybridized carbons (Fsp3) is 0.429. The monoisotopic (exact) mass is 244 g/mol. The van der Waals surface area contributed by atoms with Crippen LogP contribution in [0.5, 0.6) is 0 Å². The van der Waals surface area contributed by atoms with Gasteiger partial charge in [0.15, 0.2) is 0 Å². The van der Waals surface area contributed by atoms with E-state index in [1.807, 2.05) is 4.68 Å². The molecule has 1 heterocycles. The normalized spacial score (nSPS) is 11.1. The lowest BCUT2D eigenvalue weighted by Crippen LogP contribution is -2.11. The van der Waals surface area contributed by atoms with Crippen molar-refractivity contribution in [1.82, 2.24) is 15.0 Å². The van der Waals surface area contributed by atoms with Gasteiger partial charge in [-0.15, -0.1) is 5.10 Å². The Balaban J connectivity index is 2.11. The number of rotatable bonds is 5. The van der Waals surface area contributed by atoms with Crippen molar-refractivity contribution in [3.8, 4) is 0 Å². The second-order valence-electron chi connectivity index (χ2n) is 4.82. The van der Waals surface area contributed by atoms with Gasteiger partial charge in [0.05, 0.1) is 18.4 Å². The molecular formula is C14H20N4. The second-order valence-corrected chi connectivity index (χ2v) is 4.82. The summed E-state index contributed by atoms with van der Waals surface area (Å²) in [7, 11) is 0. The highest BCUT2D eigenvalue weighted by molar-refractivity contribution is 5.25. The van der Waals surface area contributed by atoms with E-state index in [0.29, 0.717) is 12.5 Å². The molecule has 1 aromatic heterocycles. The van der Waals surface area contributed by atoms with Gasteiger partial charge in [0, 0.05) is 6.42 Å². The Kier molecular flexibility index (Phi) is 4.10. The molecule has 96 valence electrons. The molecule has 0 aliphatic carbocycles. The van der Waals surface area contributed by atoms with E-state index >= 15 is 0 Å². The molecule has 1 aromatic carbocycles. The third-order valence-corrected chi connectivity index (χ3v) is 3.08. The number of hydrogen-bond acceptors (Lipinski definition) is 3. The molecule has 2 aromatic rings. The first-order chi connectivity index (χ1) is 8.70. The minimum Gasteiger partial charge on any atom is -0.330 e. The molecule has 0 radical (unpaired) electrons. The van der Waals surface area contributed by atoms with Crippen molar-refractivity contribution < 1.29 is 0 Å². The number of benzene rings is 1. The van der Waals surface area contributed by atoms with Gasteiger partial charge in [-0.3, -0.25) is 0 Å². The van der Waals surface area contributed by atoms with Crippen LogP contribution in [0.4, 0.5) is 0 Å². The zero-order valence-corrected chi connectivity index (χ0v) is 11.0. The predicted octanol–water partition coefficient (Wildman–Crippen LogP) is 1.95. The summed E-state index contributed by atoms with van der Waals surface area (Å²) in [5, 5.41) is 8.04. The van der Waals surface area contributed by atoms with Gasteiger partial charge in [-0.1, -0.05) is 43.3 Å². The quantitative estimate of drug-likeness (QED) is 0.874. The average Bonchev–Trinajstić information content (AvgIpc) is 2.78. The van der Waals surface area contributed by atoms with Crippen molar-refractivity contribution in [3.63, 3.8) is 0 Å². The minimum atomic E-state index is 0.568. The molecule has 0 atom stereocenters. The van der Waals surface area contributed by atoms with E-state index in [0.717, 1.165) is 18.7 Å². The summed E-state index contributed by atoms with van der Waals surface area (Å²) in [4.78, 5) is 0. The fourth-order valence-electron chi connectivity index (χ4n) is 1.93. The largest absolute Gasteiger partial charge is 0.330 e. The lowest BCUT2D eigenvalue weighted by molar-refractivity contribution is 0.617. The summed E-state index contributed by atoms with van der Waals surface area (Å²) in [6, 6.07) is 8.67. The molecule has 0 unspecified atom stereocenters. The SMILES string of the molecule is CC(C)c1ccc(Cn2nncc2CCN)cc1. The molecule has 0 amide bonds. The van der Waals surface area contributed by atoms with Crippen LogP contribution in [0.25, 0.3) is 0 Å². The molecule has 4 nitrogen and oxygen atoms in total. The lowest BCUT2D eigenvalue weighted by Gasteiger charge is -2.08. The maximum atomic E-state index is 5.57. The second kappa shape index (κ2) is 5.78. The van der Waals surface area contributed by atoms with Crippen molar-refractivity contribution in [3.05, 3.63) is 47.3 Å². The van der Waals surface area contributed by atoms with Gasteiger partial charge in [0.2, 0.25) is 0 Å². The maximum Gasteiger partial charge on any atom is 0.0725 e. The van der Waals surface area contributed by atoms with E-state index in [-0.39, 0.29) is 0 Å². The zero-order valence-electron chi connectivity index (χ0n) is 11.0. The molecule has 2 N–H and O–H groups in total. The molecule has 0 fully saturated rings. The van der Waals surface area contributed by atoms with Crippen LogP contribution in [-0.4, -0.2) is 21.5 Å². The van der Waals surface area contributed by atoms with Crippen LogP contribution < -0.4 is 5.73 Å². The molecule has 0 aliphatic heterocycles. The standard InChI is InChI=1S/C14H20N4/c1-11(2)13-5-3-12(4-6-13)10-18-14(7-8-15)9-16-17-18/h3-6,9,11H,7-8,10,15H2,1-2H3. The van der Waals surface area contributed by atoms with Gasteiger partial charge in [-0.2, -0.15) is 0 Å². The molecule has 4 heteroatoms. The van der Waals surface area contributed by atoms with E-state index in [2.05, 4.69) is 48.4 Å². The number of nitrogens with zero attached hydrogens (tertiary/aromatic N) is 3. The van der Waals surface area contributed by atoms with E-state index in [9.17, 15) is 0 Å². The third kappa shape index (κ3) is 2.96. The minimum absolute atomic E-state index is 0.568. The first-order valence-electron chi connectivity index (χ1n) is 6.37. The van der Waals surface area contributed by atoms with Gasteiger partial charge < -0.3 is 5.73 Å². The highest BCUT2D eigenvalue weighted by atomic mass is 15.4. The van der Waals surface area contributed by atoms with Crippen LogP contribution in [0, 0.1) is 0 Å². The summed E-state index contributed by atoms with van der Waals surface area (Å²) in [6.07, 6.45) is 2.60. The van der Waals surface area contributed by atoms with Crippen molar-refractivity contribution in [2.45, 2.75) is 32.7 Å². The Morgan fingerprint density at radius 2 is 1.94 bits per heavy atom. The zero-order chi connectivity index (χ0) is 13.0. The van der Waals surface area contributed by atoms with Gasteiger partial charge >= 0.3 is 0 Å². The van der Waals surface area contributed by atoms with Gasteiger partial charge in [0.25, 0.3) is 0 Å². The Hall–Kier alpha value is -1.68. The Bertz CT molecular complexity index is 485. The molecule has 2 rings (SSSR count). The molecule has 0 spiro atoms. The first-order valence-corrected chi connectivity index (χ1v) is 6.37. The molecular weight excluding hydrogens is 224 g/mol. The summed E-state index contributed by atoms with van der Waals surface area (Å²) in [5.41, 5.74) is 9.25. The highest BCUT2D eigenvalue weighted by Gasteiger charge is 2.04. The highest BCUT2D eigenvalue weighted by Crippen LogP contribution is 2.15. The maximum absolute atomic E-state index is 5.57. The topological polar surface area (TPSA) is 56.7 Å². The van der Waals surface area contributed by atoms with E-state index < -0.39 is 0 Å². The van der Waals surface area contributed by atoms with Gasteiger partial charge in [-0.25, -0.2) is 4.68 Å². The van der Waals surface area contributed by atoms with Crippen LogP contribution in [0.15, 0.2) is 30.5 Å². The van der Waals surface area contributed by atoms with Crippen molar-refractivity contribution in [2.75, 3.05) is 6.54 Å². The van der Waals surface area contributed by atoms with E-state index in [1.54, 1.807) is 6.20 Å². The summed E-state index contributed by atoms with van der Waals surface area (Å²) >= 11 is 0. The molecule has 18 heavy (non-hydrogen) atoms. The third-order valence-electron chi connectivity index (χ3n) is 3.08. The van der Waals surface area contributed by atoms with Gasteiger partial charge in [0.1, 0.15) is 0 Å². The van der Waals surface area contributed by atoms with Crippen molar-refractivity contribution in [1.29, 1.82) is 0 Å². The lowest BCUT2D eigenvalue weighted by atomic mass is 10.0. The summed E-state index contributed by atoms with van der Waals surface area (Å²) in [5.74, 6) is 0.568. The Morgan fingerprint density at radius 1 is 1.22 bits per heavy atom. The summed E-state index contributed by atoms with van der Waals surface area (Å²) < 4.78 is 1.91. The average molecular weight is 244 g/mol. The molecule has 0 saturated carbocycles. The van der Waals surface area contributed by atoms with Crippen LogP contribution >= 0.6 is 0 Å². The first kappa shape index (κ1) is 12.8. The number of hydrogen-bond donors (Lipinski definition) is 1. The van der Waals surface area contributed by atoms with Crippen molar-refractivity contribution in [2.24, 2.45) is 5.73 Å². The smallest absolute Gasteiger partial charge is 0.0725 e. The molecule has 0 saturated heterocycles. The summed E-state index contributed by atoms with van der Waals surface area (Å²) in [6.45, 7) is 5.78. The van der Waals surface area contributed by atoms with Crippen LogP contribution in [0.2, 0.25) is 0 Å². The van der Waals surface area contributed by atoms with Gasteiger partial charge in [-0.05, 0) is 23.6 Å². The van der Waals surface area contributed by atoms with Crippen LogP contribution in [-0.2, 0) is 13.0 Å². The van der Waals surface area contributed by atoms with E-state index in [4.69, 9.17) is 5.73 Å².